The Labute approximate surface area is 157 Å². The second-order valence-corrected chi connectivity index (χ2v) is 6.39. The van der Waals surface area contributed by atoms with Gasteiger partial charge in [-0.05, 0) is 41.8 Å². The number of amides is 1. The molecule has 0 spiro atoms. The number of rotatable bonds is 5. The number of hydrogen-bond donors (Lipinski definition) is 3. The molecule has 0 saturated carbocycles. The lowest BCUT2D eigenvalue weighted by molar-refractivity contribution is 0.0951. The van der Waals surface area contributed by atoms with Crippen molar-refractivity contribution in [2.75, 3.05) is 12.3 Å². The van der Waals surface area contributed by atoms with Crippen molar-refractivity contribution in [3.63, 3.8) is 0 Å². The summed E-state index contributed by atoms with van der Waals surface area (Å²) in [6.45, 7) is 0.456. The van der Waals surface area contributed by atoms with Gasteiger partial charge >= 0.3 is 0 Å². The van der Waals surface area contributed by atoms with Crippen molar-refractivity contribution in [3.05, 3.63) is 82.9 Å². The summed E-state index contributed by atoms with van der Waals surface area (Å²) >= 11 is 5.87. The highest BCUT2D eigenvalue weighted by Crippen LogP contribution is 2.25. The summed E-state index contributed by atoms with van der Waals surface area (Å²) in [4.78, 5) is 12.1. The summed E-state index contributed by atoms with van der Waals surface area (Å²) in [6.07, 6.45) is 0.678. The van der Waals surface area contributed by atoms with Gasteiger partial charge in [-0.2, -0.15) is 0 Å². The fourth-order valence-electron chi connectivity index (χ4n) is 2.72. The average molecular weight is 367 g/mol. The van der Waals surface area contributed by atoms with Crippen LogP contribution in [0.2, 0.25) is 5.02 Å². The second-order valence-electron chi connectivity index (χ2n) is 5.95. The van der Waals surface area contributed by atoms with Gasteiger partial charge in [0.25, 0.3) is 5.91 Å². The van der Waals surface area contributed by atoms with Crippen LogP contribution in [0.15, 0.2) is 66.7 Å². The molecule has 3 aromatic carbocycles. The fourth-order valence-corrected chi connectivity index (χ4v) is 2.89. The minimum absolute atomic E-state index is 0.0864. The van der Waals surface area contributed by atoms with E-state index in [9.17, 15) is 9.90 Å². The monoisotopic (exact) mass is 366 g/mol. The van der Waals surface area contributed by atoms with Crippen LogP contribution in [0.25, 0.3) is 11.1 Å². The van der Waals surface area contributed by atoms with Crippen LogP contribution in [-0.4, -0.2) is 17.6 Å². The minimum Gasteiger partial charge on any atom is -0.507 e. The standard InChI is InChI=1S/C21H19ClN2O2/c22-16-9-10-20(25)18(13-16)21(26)24-12-11-14-5-7-15(8-6-14)17-3-1-2-4-19(17)23/h1-10,13,25H,11-12,23H2,(H,24,26). The van der Waals surface area contributed by atoms with Gasteiger partial charge < -0.3 is 16.2 Å². The van der Waals surface area contributed by atoms with Crippen LogP contribution >= 0.6 is 11.6 Å². The Morgan fingerprint density at radius 1 is 1.04 bits per heavy atom. The molecule has 0 aromatic heterocycles. The maximum atomic E-state index is 12.1. The predicted octanol–water partition coefficient (Wildman–Crippen LogP) is 4.27. The first-order chi connectivity index (χ1) is 12.5. The van der Waals surface area contributed by atoms with Crippen molar-refractivity contribution >= 4 is 23.2 Å². The smallest absolute Gasteiger partial charge is 0.255 e. The highest BCUT2D eigenvalue weighted by Gasteiger charge is 2.11. The number of carbonyl (C=O) groups excluding carboxylic acids is 1. The Balaban J connectivity index is 1.59. The number of anilines is 1. The number of carbonyl (C=O) groups is 1. The molecule has 0 saturated heterocycles. The number of phenols is 1. The largest absolute Gasteiger partial charge is 0.507 e. The summed E-state index contributed by atoms with van der Waals surface area (Å²) in [7, 11) is 0. The van der Waals surface area contributed by atoms with E-state index in [1.54, 1.807) is 0 Å². The van der Waals surface area contributed by atoms with Gasteiger partial charge in [0.1, 0.15) is 5.75 Å². The van der Waals surface area contributed by atoms with Crippen LogP contribution in [-0.2, 0) is 6.42 Å². The Kier molecular flexibility index (Phi) is 5.44. The third-order valence-electron chi connectivity index (χ3n) is 4.13. The quantitative estimate of drug-likeness (QED) is 0.590. The lowest BCUT2D eigenvalue weighted by Crippen LogP contribution is -2.25. The molecule has 5 heteroatoms. The highest BCUT2D eigenvalue weighted by molar-refractivity contribution is 6.31. The zero-order chi connectivity index (χ0) is 18.5. The predicted molar refractivity (Wildman–Crippen MR) is 105 cm³/mol. The van der Waals surface area contributed by atoms with Gasteiger partial charge in [0.2, 0.25) is 0 Å². The first-order valence-electron chi connectivity index (χ1n) is 8.25. The van der Waals surface area contributed by atoms with Gasteiger partial charge in [0.15, 0.2) is 0 Å². The van der Waals surface area contributed by atoms with Crippen molar-refractivity contribution < 1.29 is 9.90 Å². The van der Waals surface area contributed by atoms with Crippen LogP contribution in [0.1, 0.15) is 15.9 Å². The summed E-state index contributed by atoms with van der Waals surface area (Å²) < 4.78 is 0. The average Bonchev–Trinajstić information content (AvgIpc) is 2.65. The van der Waals surface area contributed by atoms with Crippen LogP contribution < -0.4 is 11.1 Å². The number of nitrogens with one attached hydrogen (secondary N) is 1. The summed E-state index contributed by atoms with van der Waals surface area (Å²) in [5.41, 5.74) is 10.1. The number of nitrogen functional groups attached to an aromatic ring is 1. The number of phenolic OH excluding ortho intramolecular Hbond substituents is 1. The van der Waals surface area contributed by atoms with E-state index in [0.29, 0.717) is 18.0 Å². The number of para-hydroxylation sites is 1. The van der Waals surface area contributed by atoms with Gasteiger partial charge in [-0.1, -0.05) is 54.1 Å². The van der Waals surface area contributed by atoms with Crippen molar-refractivity contribution in [1.82, 2.24) is 5.32 Å². The number of nitrogens with two attached hydrogens (primary N) is 1. The van der Waals surface area contributed by atoms with Gasteiger partial charge in [-0.3, -0.25) is 4.79 Å². The molecule has 1 amide bonds. The SMILES string of the molecule is Nc1ccccc1-c1ccc(CCNC(=O)c2cc(Cl)ccc2O)cc1. The van der Waals surface area contributed by atoms with E-state index in [-0.39, 0.29) is 17.2 Å². The van der Waals surface area contributed by atoms with Crippen LogP contribution in [0, 0.1) is 0 Å². The summed E-state index contributed by atoms with van der Waals surface area (Å²) in [5, 5.41) is 13.0. The minimum atomic E-state index is -0.348. The topological polar surface area (TPSA) is 75.3 Å². The normalized spacial score (nSPS) is 10.5. The fraction of sp³-hybridized carbons (Fsp3) is 0.0952. The van der Waals surface area contributed by atoms with E-state index in [2.05, 4.69) is 5.32 Å². The van der Waals surface area contributed by atoms with E-state index < -0.39 is 0 Å². The Hall–Kier alpha value is -2.98. The molecule has 0 atom stereocenters. The Morgan fingerprint density at radius 2 is 1.77 bits per heavy atom. The third-order valence-corrected chi connectivity index (χ3v) is 4.36. The number of hydrogen-bond acceptors (Lipinski definition) is 3. The molecule has 3 aromatic rings. The van der Waals surface area contributed by atoms with Crippen LogP contribution in [0.3, 0.4) is 0 Å². The highest BCUT2D eigenvalue weighted by atomic mass is 35.5. The molecule has 132 valence electrons. The van der Waals surface area contributed by atoms with E-state index >= 15 is 0 Å². The van der Waals surface area contributed by atoms with Gasteiger partial charge in [0.05, 0.1) is 5.56 Å². The zero-order valence-corrected chi connectivity index (χ0v) is 14.8. The van der Waals surface area contributed by atoms with E-state index in [1.165, 1.54) is 18.2 Å². The summed E-state index contributed by atoms with van der Waals surface area (Å²) in [6, 6.07) is 20.2. The molecule has 0 heterocycles. The molecule has 4 nitrogen and oxygen atoms in total. The first-order valence-corrected chi connectivity index (χ1v) is 8.63. The molecule has 0 unspecified atom stereocenters. The lowest BCUT2D eigenvalue weighted by Gasteiger charge is -2.09. The van der Waals surface area contributed by atoms with Crippen molar-refractivity contribution in [2.24, 2.45) is 0 Å². The molecule has 4 N–H and O–H groups in total. The molecule has 3 rings (SSSR count). The van der Waals surface area contributed by atoms with Crippen LogP contribution in [0.5, 0.6) is 5.75 Å². The van der Waals surface area contributed by atoms with Crippen molar-refractivity contribution in [2.45, 2.75) is 6.42 Å². The first kappa shape index (κ1) is 17.8. The summed E-state index contributed by atoms with van der Waals surface area (Å²) in [5.74, 6) is -0.435. The maximum absolute atomic E-state index is 12.1. The molecular weight excluding hydrogens is 348 g/mol. The van der Waals surface area contributed by atoms with Gasteiger partial charge in [-0.25, -0.2) is 0 Å². The van der Waals surface area contributed by atoms with E-state index in [1.807, 2.05) is 48.5 Å². The van der Waals surface area contributed by atoms with Gasteiger partial charge in [0, 0.05) is 22.8 Å². The van der Waals surface area contributed by atoms with Crippen molar-refractivity contribution in [3.8, 4) is 16.9 Å². The number of halogens is 1. The molecule has 0 aliphatic rings. The molecule has 0 aliphatic carbocycles. The van der Waals surface area contributed by atoms with Crippen molar-refractivity contribution in [1.29, 1.82) is 0 Å². The Morgan fingerprint density at radius 3 is 2.50 bits per heavy atom. The third kappa shape index (κ3) is 4.16. The van der Waals surface area contributed by atoms with Gasteiger partial charge in [-0.15, -0.1) is 0 Å². The molecule has 0 bridgehead atoms. The van der Waals surface area contributed by atoms with E-state index in [4.69, 9.17) is 17.3 Å². The lowest BCUT2D eigenvalue weighted by atomic mass is 10.0. The zero-order valence-electron chi connectivity index (χ0n) is 14.1. The molecule has 0 radical (unpaired) electrons. The molecular formula is C21H19ClN2O2. The number of aromatic hydroxyl groups is 1. The van der Waals surface area contributed by atoms with Crippen LogP contribution in [0.4, 0.5) is 5.69 Å². The molecule has 0 fully saturated rings. The molecule has 0 aliphatic heterocycles. The van der Waals surface area contributed by atoms with E-state index in [0.717, 1.165) is 22.4 Å². The molecule has 26 heavy (non-hydrogen) atoms. The number of benzene rings is 3. The maximum Gasteiger partial charge on any atom is 0.255 e. The second kappa shape index (κ2) is 7.93. The Bertz CT molecular complexity index is 924.